The Kier molecular flexibility index (Phi) is 2.39. The highest BCUT2D eigenvalue weighted by Gasteiger charge is 2.20. The molecule has 0 radical (unpaired) electrons. The second kappa shape index (κ2) is 4.23. The van der Waals surface area contributed by atoms with Gasteiger partial charge in [0, 0.05) is 25.0 Å². The van der Waals surface area contributed by atoms with Crippen LogP contribution in [0.1, 0.15) is 11.1 Å². The Hall–Kier alpha value is -2.56. The van der Waals surface area contributed by atoms with Crippen molar-refractivity contribution in [1.29, 1.82) is 0 Å². The van der Waals surface area contributed by atoms with Gasteiger partial charge < -0.3 is 10.6 Å². The van der Waals surface area contributed by atoms with Crippen molar-refractivity contribution in [3.63, 3.8) is 0 Å². The van der Waals surface area contributed by atoms with Gasteiger partial charge in [-0.3, -0.25) is 0 Å². The van der Waals surface area contributed by atoms with E-state index in [0.717, 1.165) is 36.8 Å². The van der Waals surface area contributed by atoms with Crippen LogP contribution in [-0.4, -0.2) is 21.1 Å². The van der Waals surface area contributed by atoms with Gasteiger partial charge in [0.05, 0.1) is 0 Å². The zero-order chi connectivity index (χ0) is 13.5. The van der Waals surface area contributed by atoms with Crippen molar-refractivity contribution in [2.24, 2.45) is 0 Å². The molecular formula is C15H15N5. The first-order chi connectivity index (χ1) is 9.81. The molecule has 0 saturated carbocycles. The first-order valence-corrected chi connectivity index (χ1v) is 6.74. The number of pyridine rings is 1. The first-order valence-electron chi connectivity index (χ1n) is 6.74. The molecule has 2 N–H and O–H groups in total. The molecule has 2 aromatic heterocycles. The number of nitrogens with two attached hydrogens (primary N) is 1. The molecule has 1 aliphatic heterocycles. The molecule has 20 heavy (non-hydrogen) atoms. The van der Waals surface area contributed by atoms with Crippen molar-refractivity contribution in [3.8, 4) is 0 Å². The molecule has 0 unspecified atom stereocenters. The fourth-order valence-corrected chi connectivity index (χ4v) is 2.76. The summed E-state index contributed by atoms with van der Waals surface area (Å²) in [5.41, 5.74) is 10.3. The molecule has 0 aliphatic carbocycles. The lowest BCUT2D eigenvalue weighted by Crippen LogP contribution is -2.31. The molecule has 0 bridgehead atoms. The van der Waals surface area contributed by atoms with Crippen LogP contribution in [0.3, 0.4) is 0 Å². The highest BCUT2D eigenvalue weighted by molar-refractivity contribution is 5.55. The van der Waals surface area contributed by atoms with Gasteiger partial charge in [-0.15, -0.1) is 5.10 Å². The average Bonchev–Trinajstić information content (AvgIpc) is 2.91. The van der Waals surface area contributed by atoms with Crippen LogP contribution in [0.15, 0.2) is 42.6 Å². The molecule has 0 spiro atoms. The van der Waals surface area contributed by atoms with Crippen molar-refractivity contribution >= 4 is 17.3 Å². The average molecular weight is 265 g/mol. The smallest absolute Gasteiger partial charge is 0.245 e. The topological polar surface area (TPSA) is 59.5 Å². The maximum absolute atomic E-state index is 6.03. The van der Waals surface area contributed by atoms with Crippen LogP contribution in [0.25, 0.3) is 5.65 Å². The van der Waals surface area contributed by atoms with Crippen LogP contribution in [0, 0.1) is 0 Å². The van der Waals surface area contributed by atoms with E-state index < -0.39 is 0 Å². The Bertz CT molecular complexity index is 744. The maximum Gasteiger partial charge on any atom is 0.245 e. The minimum absolute atomic E-state index is 0.782. The first kappa shape index (κ1) is 11.3. The van der Waals surface area contributed by atoms with Crippen molar-refractivity contribution in [2.45, 2.75) is 13.0 Å². The van der Waals surface area contributed by atoms with Gasteiger partial charge >= 0.3 is 0 Å². The number of nitrogens with zero attached hydrogens (tertiary/aromatic N) is 4. The maximum atomic E-state index is 6.03. The summed E-state index contributed by atoms with van der Waals surface area (Å²) < 4.78 is 1.81. The number of aromatic nitrogens is 3. The van der Waals surface area contributed by atoms with E-state index in [1.165, 1.54) is 11.1 Å². The number of fused-ring (bicyclic) bond motifs is 2. The van der Waals surface area contributed by atoms with Gasteiger partial charge in [0.2, 0.25) is 5.95 Å². The minimum Gasteiger partial charge on any atom is -0.398 e. The third-order valence-electron chi connectivity index (χ3n) is 3.82. The van der Waals surface area contributed by atoms with Gasteiger partial charge in [0.25, 0.3) is 0 Å². The molecular weight excluding hydrogens is 250 g/mol. The predicted molar refractivity (Wildman–Crippen MR) is 78.6 cm³/mol. The number of hydrogen-bond donors (Lipinski definition) is 1. The van der Waals surface area contributed by atoms with Crippen molar-refractivity contribution < 1.29 is 0 Å². The lowest BCUT2D eigenvalue weighted by molar-refractivity contribution is 0.708. The van der Waals surface area contributed by atoms with Gasteiger partial charge in [-0.25, -0.2) is 4.52 Å². The summed E-state index contributed by atoms with van der Waals surface area (Å²) in [6, 6.07) is 12.0. The predicted octanol–water partition coefficient (Wildman–Crippen LogP) is 1.87. The number of nitrogen functional groups attached to an aromatic ring is 1. The second-order valence-electron chi connectivity index (χ2n) is 5.07. The van der Waals surface area contributed by atoms with Crippen LogP contribution >= 0.6 is 0 Å². The molecule has 4 rings (SSSR count). The van der Waals surface area contributed by atoms with Crippen LogP contribution < -0.4 is 10.6 Å². The fourth-order valence-electron chi connectivity index (χ4n) is 2.76. The Balaban J connectivity index is 1.71. The van der Waals surface area contributed by atoms with E-state index in [1.54, 1.807) is 0 Å². The van der Waals surface area contributed by atoms with E-state index in [9.17, 15) is 0 Å². The molecule has 5 heteroatoms. The zero-order valence-corrected chi connectivity index (χ0v) is 11.0. The normalized spacial score (nSPS) is 14.5. The third kappa shape index (κ3) is 1.71. The van der Waals surface area contributed by atoms with E-state index in [2.05, 4.69) is 21.0 Å². The highest BCUT2D eigenvalue weighted by atomic mass is 15.4. The standard InChI is InChI=1S/C15H15N5/c16-13-5-3-4-11-10-19(9-7-12(11)13)15-17-14-6-1-2-8-20(14)18-15/h1-6,8H,7,9-10,16H2. The largest absolute Gasteiger partial charge is 0.398 e. The fraction of sp³-hybridized carbons (Fsp3) is 0.200. The Morgan fingerprint density at radius 1 is 1.10 bits per heavy atom. The van der Waals surface area contributed by atoms with Crippen LogP contribution in [0.5, 0.6) is 0 Å². The molecule has 100 valence electrons. The lowest BCUT2D eigenvalue weighted by atomic mass is 9.98. The number of hydrogen-bond acceptors (Lipinski definition) is 4. The van der Waals surface area contributed by atoms with Crippen LogP contribution in [0.4, 0.5) is 11.6 Å². The summed E-state index contributed by atoms with van der Waals surface area (Å²) in [7, 11) is 0. The van der Waals surface area contributed by atoms with E-state index in [1.807, 2.05) is 41.0 Å². The summed E-state index contributed by atoms with van der Waals surface area (Å²) in [5, 5.41) is 4.53. The number of benzene rings is 1. The molecule has 5 nitrogen and oxygen atoms in total. The van der Waals surface area contributed by atoms with Gasteiger partial charge in [0.15, 0.2) is 5.65 Å². The lowest BCUT2D eigenvalue weighted by Gasteiger charge is -2.28. The summed E-state index contributed by atoms with van der Waals surface area (Å²) in [4.78, 5) is 6.78. The summed E-state index contributed by atoms with van der Waals surface area (Å²) in [6.45, 7) is 1.72. The van der Waals surface area contributed by atoms with E-state index in [0.29, 0.717) is 0 Å². The van der Waals surface area contributed by atoms with Gasteiger partial charge in [0.1, 0.15) is 0 Å². The minimum atomic E-state index is 0.782. The zero-order valence-electron chi connectivity index (χ0n) is 11.0. The van der Waals surface area contributed by atoms with Crippen molar-refractivity contribution in [2.75, 3.05) is 17.2 Å². The van der Waals surface area contributed by atoms with E-state index in [4.69, 9.17) is 5.73 Å². The molecule has 0 saturated heterocycles. The van der Waals surface area contributed by atoms with Gasteiger partial charge in [-0.2, -0.15) is 4.98 Å². The molecule has 1 aromatic carbocycles. The number of rotatable bonds is 1. The van der Waals surface area contributed by atoms with Crippen LogP contribution in [-0.2, 0) is 13.0 Å². The molecule has 0 amide bonds. The molecule has 0 atom stereocenters. The quantitative estimate of drug-likeness (QED) is 0.682. The third-order valence-corrected chi connectivity index (χ3v) is 3.82. The number of anilines is 2. The Labute approximate surface area is 116 Å². The molecule has 1 aliphatic rings. The monoisotopic (exact) mass is 265 g/mol. The van der Waals surface area contributed by atoms with Gasteiger partial charge in [-0.1, -0.05) is 18.2 Å². The van der Waals surface area contributed by atoms with Crippen molar-refractivity contribution in [3.05, 3.63) is 53.7 Å². The SMILES string of the molecule is Nc1cccc2c1CCN(c1nc3ccccn3n1)C2. The van der Waals surface area contributed by atoms with E-state index in [-0.39, 0.29) is 0 Å². The summed E-state index contributed by atoms with van der Waals surface area (Å²) in [6.07, 6.45) is 2.86. The Morgan fingerprint density at radius 3 is 2.95 bits per heavy atom. The summed E-state index contributed by atoms with van der Waals surface area (Å²) in [5.74, 6) is 0.782. The van der Waals surface area contributed by atoms with Crippen molar-refractivity contribution in [1.82, 2.24) is 14.6 Å². The van der Waals surface area contributed by atoms with E-state index >= 15 is 0 Å². The molecule has 0 fully saturated rings. The van der Waals surface area contributed by atoms with Gasteiger partial charge in [-0.05, 0) is 35.7 Å². The molecule has 3 aromatic rings. The summed E-state index contributed by atoms with van der Waals surface area (Å²) >= 11 is 0. The second-order valence-corrected chi connectivity index (χ2v) is 5.07. The Morgan fingerprint density at radius 2 is 2.05 bits per heavy atom. The highest BCUT2D eigenvalue weighted by Crippen LogP contribution is 2.26. The van der Waals surface area contributed by atoms with Crippen LogP contribution in [0.2, 0.25) is 0 Å². The molecule has 3 heterocycles.